The molecule has 0 N–H and O–H groups in total. The van der Waals surface area contributed by atoms with E-state index >= 15 is 0 Å². The van der Waals surface area contributed by atoms with Crippen LogP contribution in [0.1, 0.15) is 11.1 Å². The third-order valence-corrected chi connectivity index (χ3v) is 4.54. The smallest absolute Gasteiger partial charge is 0.293 e. The van der Waals surface area contributed by atoms with E-state index in [0.29, 0.717) is 18.7 Å². The number of amides is 1. The summed E-state index contributed by atoms with van der Waals surface area (Å²) >= 11 is 3.42. The number of carbonyl (C=O) groups excluding carboxylic acids is 1. The molecule has 1 heterocycles. The fourth-order valence-corrected chi connectivity index (χ4v) is 3.16. The van der Waals surface area contributed by atoms with Crippen molar-refractivity contribution in [1.29, 1.82) is 0 Å². The molecular formula is C16H13BrN2O3. The van der Waals surface area contributed by atoms with Gasteiger partial charge >= 0.3 is 0 Å². The van der Waals surface area contributed by atoms with Crippen LogP contribution in [0.15, 0.2) is 46.9 Å². The third-order valence-electron chi connectivity index (χ3n) is 3.77. The number of hydrogen-bond acceptors (Lipinski definition) is 3. The van der Waals surface area contributed by atoms with Gasteiger partial charge in [-0.1, -0.05) is 46.3 Å². The summed E-state index contributed by atoms with van der Waals surface area (Å²) in [5.41, 5.74) is 2.18. The molecule has 0 bridgehead atoms. The summed E-state index contributed by atoms with van der Waals surface area (Å²) in [6, 6.07) is 12.5. The van der Waals surface area contributed by atoms with Crippen LogP contribution in [0.25, 0.3) is 0 Å². The van der Waals surface area contributed by atoms with Gasteiger partial charge in [-0.2, -0.15) is 0 Å². The lowest BCUT2D eigenvalue weighted by Gasteiger charge is -2.17. The maximum absolute atomic E-state index is 12.6. The summed E-state index contributed by atoms with van der Waals surface area (Å²) in [6.07, 6.45) is 0.867. The van der Waals surface area contributed by atoms with Gasteiger partial charge in [0.2, 0.25) is 5.91 Å². The number of rotatable bonds is 3. The van der Waals surface area contributed by atoms with Gasteiger partial charge in [0.25, 0.3) is 5.69 Å². The van der Waals surface area contributed by atoms with Gasteiger partial charge < -0.3 is 4.90 Å². The van der Waals surface area contributed by atoms with Gasteiger partial charge in [0.15, 0.2) is 0 Å². The number of halogens is 1. The normalized spacial score (nSPS) is 13.0. The predicted octanol–water partition coefficient (Wildman–Crippen LogP) is 3.49. The fraction of sp³-hybridized carbons (Fsp3) is 0.188. The zero-order valence-corrected chi connectivity index (χ0v) is 13.2. The van der Waals surface area contributed by atoms with Gasteiger partial charge in [0, 0.05) is 17.1 Å². The Bertz CT molecular complexity index is 761. The Kier molecular flexibility index (Phi) is 3.94. The SMILES string of the molecule is O=C(Cc1ccccc1Br)N1CCc2cccc([N+](=O)[O-])c21. The number of hydrogen-bond donors (Lipinski definition) is 0. The highest BCUT2D eigenvalue weighted by Crippen LogP contribution is 2.37. The van der Waals surface area contributed by atoms with Gasteiger partial charge in [-0.15, -0.1) is 0 Å². The van der Waals surface area contributed by atoms with E-state index in [4.69, 9.17) is 0 Å². The summed E-state index contributed by atoms with van der Waals surface area (Å²) in [5, 5.41) is 11.2. The molecule has 0 saturated carbocycles. The number of carbonyl (C=O) groups is 1. The lowest BCUT2D eigenvalue weighted by molar-refractivity contribution is -0.384. The molecule has 0 aromatic heterocycles. The number of nitro benzene ring substituents is 1. The second-order valence-corrected chi connectivity index (χ2v) is 5.96. The van der Waals surface area contributed by atoms with Gasteiger partial charge in [-0.3, -0.25) is 14.9 Å². The first kappa shape index (κ1) is 14.7. The zero-order chi connectivity index (χ0) is 15.7. The van der Waals surface area contributed by atoms with Crippen LogP contribution in [0, 0.1) is 10.1 Å². The van der Waals surface area contributed by atoms with Gasteiger partial charge in [0.05, 0.1) is 11.3 Å². The highest BCUT2D eigenvalue weighted by molar-refractivity contribution is 9.10. The number of nitro groups is 1. The average Bonchev–Trinajstić information content (AvgIpc) is 2.93. The molecule has 0 fully saturated rings. The van der Waals surface area contributed by atoms with E-state index in [1.165, 1.54) is 11.0 Å². The largest absolute Gasteiger partial charge is 0.306 e. The van der Waals surface area contributed by atoms with Gasteiger partial charge in [0.1, 0.15) is 5.69 Å². The van der Waals surface area contributed by atoms with Crippen LogP contribution < -0.4 is 4.90 Å². The van der Waals surface area contributed by atoms with Crippen molar-refractivity contribution in [3.63, 3.8) is 0 Å². The van der Waals surface area contributed by atoms with E-state index in [1.807, 2.05) is 30.3 Å². The molecule has 0 radical (unpaired) electrons. The van der Waals surface area contributed by atoms with Crippen molar-refractivity contribution in [3.05, 3.63) is 68.2 Å². The molecule has 5 nitrogen and oxygen atoms in total. The molecule has 22 heavy (non-hydrogen) atoms. The minimum Gasteiger partial charge on any atom is -0.306 e. The molecule has 112 valence electrons. The Balaban J connectivity index is 1.92. The lowest BCUT2D eigenvalue weighted by Crippen LogP contribution is -2.30. The van der Waals surface area contributed by atoms with E-state index in [1.54, 1.807) is 6.07 Å². The van der Waals surface area contributed by atoms with Crippen molar-refractivity contribution in [2.45, 2.75) is 12.8 Å². The van der Waals surface area contributed by atoms with Crippen LogP contribution in [0.2, 0.25) is 0 Å². The molecule has 0 saturated heterocycles. The summed E-state index contributed by atoms with van der Waals surface area (Å²) < 4.78 is 0.866. The molecule has 1 aliphatic rings. The van der Waals surface area contributed by atoms with Crippen molar-refractivity contribution in [3.8, 4) is 0 Å². The predicted molar refractivity (Wildman–Crippen MR) is 87.0 cm³/mol. The van der Waals surface area contributed by atoms with Crippen LogP contribution in [-0.4, -0.2) is 17.4 Å². The summed E-state index contributed by atoms with van der Waals surface area (Å²) in [4.78, 5) is 24.9. The highest BCUT2D eigenvalue weighted by atomic mass is 79.9. The Morgan fingerprint density at radius 3 is 2.73 bits per heavy atom. The van der Waals surface area contributed by atoms with E-state index in [0.717, 1.165) is 15.6 Å². The quantitative estimate of drug-likeness (QED) is 0.621. The first-order chi connectivity index (χ1) is 10.6. The van der Waals surface area contributed by atoms with E-state index in [-0.39, 0.29) is 18.0 Å². The molecule has 2 aromatic rings. The average molecular weight is 361 g/mol. The van der Waals surface area contributed by atoms with Crippen LogP contribution >= 0.6 is 15.9 Å². The molecular weight excluding hydrogens is 348 g/mol. The zero-order valence-electron chi connectivity index (χ0n) is 11.7. The summed E-state index contributed by atoms with van der Waals surface area (Å²) in [6.45, 7) is 0.490. The minimum atomic E-state index is -0.428. The van der Waals surface area contributed by atoms with Crippen molar-refractivity contribution in [2.75, 3.05) is 11.4 Å². The first-order valence-corrected chi connectivity index (χ1v) is 7.67. The second-order valence-electron chi connectivity index (χ2n) is 5.11. The molecule has 0 atom stereocenters. The van der Waals surface area contributed by atoms with Gasteiger partial charge in [-0.25, -0.2) is 0 Å². The van der Waals surface area contributed by atoms with Crippen molar-refractivity contribution >= 4 is 33.2 Å². The summed E-state index contributed by atoms with van der Waals surface area (Å²) in [5.74, 6) is -0.125. The minimum absolute atomic E-state index is 0.00419. The Hall–Kier alpha value is -2.21. The molecule has 0 spiro atoms. The topological polar surface area (TPSA) is 63.5 Å². The van der Waals surface area contributed by atoms with E-state index < -0.39 is 4.92 Å². The number of nitrogens with zero attached hydrogens (tertiary/aromatic N) is 2. The molecule has 0 unspecified atom stereocenters. The fourth-order valence-electron chi connectivity index (χ4n) is 2.73. The Labute approximate surface area is 135 Å². The molecule has 3 rings (SSSR count). The van der Waals surface area contributed by atoms with Crippen LogP contribution in [-0.2, 0) is 17.6 Å². The number of benzene rings is 2. The third kappa shape index (κ3) is 2.62. The Morgan fingerprint density at radius 2 is 2.00 bits per heavy atom. The molecule has 1 aliphatic heterocycles. The Morgan fingerprint density at radius 1 is 1.23 bits per heavy atom. The van der Waals surface area contributed by atoms with Crippen molar-refractivity contribution in [2.24, 2.45) is 0 Å². The first-order valence-electron chi connectivity index (χ1n) is 6.88. The van der Waals surface area contributed by atoms with Crippen LogP contribution in [0.4, 0.5) is 11.4 Å². The maximum Gasteiger partial charge on any atom is 0.293 e. The number of para-hydroxylation sites is 1. The summed E-state index contributed by atoms with van der Waals surface area (Å²) in [7, 11) is 0. The number of fused-ring (bicyclic) bond motifs is 1. The highest BCUT2D eigenvalue weighted by Gasteiger charge is 2.31. The van der Waals surface area contributed by atoms with Crippen molar-refractivity contribution in [1.82, 2.24) is 0 Å². The monoisotopic (exact) mass is 360 g/mol. The van der Waals surface area contributed by atoms with E-state index in [9.17, 15) is 14.9 Å². The standard InChI is InChI=1S/C16H13BrN2O3/c17-13-6-2-1-4-12(13)10-15(20)18-9-8-11-5-3-7-14(16(11)18)19(21)22/h1-7H,8-10H2. The van der Waals surface area contributed by atoms with Crippen LogP contribution in [0.3, 0.4) is 0 Å². The van der Waals surface area contributed by atoms with Crippen molar-refractivity contribution < 1.29 is 9.72 Å². The number of anilines is 1. The maximum atomic E-state index is 12.6. The van der Waals surface area contributed by atoms with Gasteiger partial charge in [-0.05, 0) is 23.6 Å². The molecule has 2 aromatic carbocycles. The van der Waals surface area contributed by atoms with Crippen LogP contribution in [0.5, 0.6) is 0 Å². The second kappa shape index (κ2) is 5.88. The molecule has 1 amide bonds. The molecule has 6 heteroatoms. The lowest BCUT2D eigenvalue weighted by atomic mass is 10.1. The van der Waals surface area contributed by atoms with E-state index in [2.05, 4.69) is 15.9 Å². The molecule has 0 aliphatic carbocycles.